The topological polar surface area (TPSA) is 59.1 Å². The number of hydrogen-bond donors (Lipinski definition) is 0. The molecule has 0 aliphatic carbocycles. The summed E-state index contributed by atoms with van der Waals surface area (Å²) in [6.45, 7) is 4.94. The number of carbonyl (C=O) groups is 2. The zero-order valence-corrected chi connectivity index (χ0v) is 20.2. The first kappa shape index (κ1) is 23.6. The summed E-state index contributed by atoms with van der Waals surface area (Å²) in [7, 11) is 0. The van der Waals surface area contributed by atoms with Crippen molar-refractivity contribution in [2.45, 2.75) is 33.0 Å². The van der Waals surface area contributed by atoms with Crippen molar-refractivity contribution < 1.29 is 19.1 Å². The Labute approximate surface area is 204 Å². The minimum atomic E-state index is -0.189. The van der Waals surface area contributed by atoms with Gasteiger partial charge in [-0.1, -0.05) is 42.5 Å². The molecule has 1 aliphatic rings. The summed E-state index contributed by atoms with van der Waals surface area (Å²) in [6.07, 6.45) is 3.31. The standard InChI is InChI=1S/C27H28N2O4S/c1-20(2)29(26(30)13-11-21-7-4-3-5-8-21)18-27(31)28(17-23-9-6-14-34-23)16-22-10-12-24-25(15-22)33-19-32-24/h3-15,20H,16-19H2,1-2H3. The van der Waals surface area contributed by atoms with Gasteiger partial charge in [-0.05, 0) is 54.6 Å². The van der Waals surface area contributed by atoms with Crippen LogP contribution in [0.15, 0.2) is 72.1 Å². The first-order chi connectivity index (χ1) is 16.5. The molecule has 3 aromatic rings. The molecule has 0 unspecified atom stereocenters. The van der Waals surface area contributed by atoms with E-state index in [2.05, 4.69) is 0 Å². The molecule has 2 heterocycles. The molecular formula is C27H28N2O4S. The highest BCUT2D eigenvalue weighted by atomic mass is 32.1. The van der Waals surface area contributed by atoms with Gasteiger partial charge in [0.1, 0.15) is 6.54 Å². The number of fused-ring (bicyclic) bond motifs is 1. The van der Waals surface area contributed by atoms with E-state index in [4.69, 9.17) is 9.47 Å². The van der Waals surface area contributed by atoms with Gasteiger partial charge in [0.2, 0.25) is 18.6 Å². The maximum Gasteiger partial charge on any atom is 0.247 e. The van der Waals surface area contributed by atoms with Crippen LogP contribution in [0.3, 0.4) is 0 Å². The average molecular weight is 477 g/mol. The Morgan fingerprint density at radius 3 is 2.53 bits per heavy atom. The van der Waals surface area contributed by atoms with Gasteiger partial charge in [-0.3, -0.25) is 9.59 Å². The first-order valence-corrected chi connectivity index (χ1v) is 12.1. The lowest BCUT2D eigenvalue weighted by molar-refractivity contribution is -0.140. The van der Waals surface area contributed by atoms with Crippen molar-refractivity contribution in [1.29, 1.82) is 0 Å². The van der Waals surface area contributed by atoms with Crippen LogP contribution >= 0.6 is 11.3 Å². The molecule has 2 aromatic carbocycles. The van der Waals surface area contributed by atoms with E-state index in [1.807, 2.05) is 79.9 Å². The minimum absolute atomic E-state index is 0.00551. The molecule has 0 atom stereocenters. The molecule has 1 aromatic heterocycles. The van der Waals surface area contributed by atoms with E-state index in [0.29, 0.717) is 24.6 Å². The number of thiophene rings is 1. The quantitative estimate of drug-likeness (QED) is 0.410. The summed E-state index contributed by atoms with van der Waals surface area (Å²) in [5.74, 6) is 1.10. The van der Waals surface area contributed by atoms with Crippen LogP contribution in [0.2, 0.25) is 0 Å². The van der Waals surface area contributed by atoms with E-state index in [1.54, 1.807) is 27.2 Å². The number of benzene rings is 2. The normalized spacial score (nSPS) is 12.3. The summed E-state index contributed by atoms with van der Waals surface area (Å²) in [6, 6.07) is 19.2. The Bertz CT molecular complexity index is 1140. The number of hydrogen-bond acceptors (Lipinski definition) is 5. The van der Waals surface area contributed by atoms with Gasteiger partial charge in [-0.25, -0.2) is 0 Å². The highest BCUT2D eigenvalue weighted by molar-refractivity contribution is 7.09. The Kier molecular flexibility index (Phi) is 7.65. The highest BCUT2D eigenvalue weighted by Crippen LogP contribution is 2.33. The molecular weight excluding hydrogens is 448 g/mol. The van der Waals surface area contributed by atoms with Crippen LogP contribution in [-0.4, -0.2) is 41.0 Å². The fourth-order valence-electron chi connectivity index (χ4n) is 3.67. The van der Waals surface area contributed by atoms with E-state index >= 15 is 0 Å². The van der Waals surface area contributed by atoms with Crippen LogP contribution in [0, 0.1) is 0 Å². The lowest BCUT2D eigenvalue weighted by Gasteiger charge is -2.29. The smallest absolute Gasteiger partial charge is 0.247 e. The lowest BCUT2D eigenvalue weighted by Crippen LogP contribution is -2.44. The predicted octanol–water partition coefficient (Wildman–Crippen LogP) is 4.96. The first-order valence-electron chi connectivity index (χ1n) is 11.2. The second kappa shape index (κ2) is 11.0. The van der Waals surface area contributed by atoms with Gasteiger partial charge in [0.25, 0.3) is 0 Å². The molecule has 2 amide bonds. The molecule has 7 heteroatoms. The molecule has 0 saturated heterocycles. The van der Waals surface area contributed by atoms with Crippen molar-refractivity contribution in [2.24, 2.45) is 0 Å². The minimum Gasteiger partial charge on any atom is -0.454 e. The third-order valence-electron chi connectivity index (χ3n) is 5.52. The summed E-state index contributed by atoms with van der Waals surface area (Å²) < 4.78 is 10.9. The summed E-state index contributed by atoms with van der Waals surface area (Å²) in [4.78, 5) is 30.9. The van der Waals surface area contributed by atoms with E-state index in [1.165, 1.54) is 6.08 Å². The second-order valence-electron chi connectivity index (χ2n) is 8.32. The number of carbonyl (C=O) groups excluding carboxylic acids is 2. The van der Waals surface area contributed by atoms with Crippen LogP contribution in [0.4, 0.5) is 0 Å². The predicted molar refractivity (Wildman–Crippen MR) is 133 cm³/mol. The SMILES string of the molecule is CC(C)N(CC(=O)N(Cc1ccc2c(c1)OCO2)Cc1cccs1)C(=O)C=Cc1ccccc1. The zero-order chi connectivity index (χ0) is 23.9. The zero-order valence-electron chi connectivity index (χ0n) is 19.3. The van der Waals surface area contributed by atoms with Crippen molar-refractivity contribution in [3.63, 3.8) is 0 Å². The van der Waals surface area contributed by atoms with Crippen molar-refractivity contribution >= 4 is 29.2 Å². The maximum atomic E-state index is 13.5. The van der Waals surface area contributed by atoms with Crippen molar-refractivity contribution in [2.75, 3.05) is 13.3 Å². The summed E-state index contributed by atoms with van der Waals surface area (Å²) in [5.41, 5.74) is 1.88. The van der Waals surface area contributed by atoms with Crippen LogP contribution in [0.5, 0.6) is 11.5 Å². The Morgan fingerprint density at radius 1 is 1.00 bits per heavy atom. The molecule has 34 heavy (non-hydrogen) atoms. The molecule has 0 saturated carbocycles. The maximum absolute atomic E-state index is 13.5. The molecule has 4 rings (SSSR count). The van der Waals surface area contributed by atoms with Gasteiger partial charge >= 0.3 is 0 Å². The number of nitrogens with zero attached hydrogens (tertiary/aromatic N) is 2. The van der Waals surface area contributed by atoms with E-state index in [-0.39, 0.29) is 31.2 Å². The van der Waals surface area contributed by atoms with Gasteiger partial charge in [-0.2, -0.15) is 0 Å². The van der Waals surface area contributed by atoms with Crippen LogP contribution in [0.1, 0.15) is 29.9 Å². The molecule has 176 valence electrons. The van der Waals surface area contributed by atoms with E-state index < -0.39 is 0 Å². The third kappa shape index (κ3) is 6.05. The number of amides is 2. The van der Waals surface area contributed by atoms with Crippen LogP contribution < -0.4 is 9.47 Å². The van der Waals surface area contributed by atoms with E-state index in [0.717, 1.165) is 16.0 Å². The Hall–Kier alpha value is -3.58. The van der Waals surface area contributed by atoms with E-state index in [9.17, 15) is 9.59 Å². The third-order valence-corrected chi connectivity index (χ3v) is 6.38. The monoisotopic (exact) mass is 476 g/mol. The molecule has 0 spiro atoms. The van der Waals surface area contributed by atoms with Gasteiger partial charge in [-0.15, -0.1) is 11.3 Å². The molecule has 0 fully saturated rings. The summed E-state index contributed by atoms with van der Waals surface area (Å²) in [5, 5.41) is 2.00. The second-order valence-corrected chi connectivity index (χ2v) is 9.35. The van der Waals surface area contributed by atoms with Gasteiger partial charge in [0.15, 0.2) is 11.5 Å². The van der Waals surface area contributed by atoms with Gasteiger partial charge < -0.3 is 19.3 Å². The fourth-order valence-corrected chi connectivity index (χ4v) is 4.39. The molecule has 6 nitrogen and oxygen atoms in total. The largest absolute Gasteiger partial charge is 0.454 e. The summed E-state index contributed by atoms with van der Waals surface area (Å²) >= 11 is 1.61. The highest BCUT2D eigenvalue weighted by Gasteiger charge is 2.23. The number of rotatable bonds is 9. The lowest BCUT2D eigenvalue weighted by atomic mass is 10.1. The van der Waals surface area contributed by atoms with Crippen LogP contribution in [-0.2, 0) is 22.7 Å². The van der Waals surface area contributed by atoms with Crippen molar-refractivity contribution in [3.05, 3.63) is 88.1 Å². The van der Waals surface area contributed by atoms with Crippen LogP contribution in [0.25, 0.3) is 6.08 Å². The average Bonchev–Trinajstić information content (AvgIpc) is 3.52. The Morgan fingerprint density at radius 2 is 1.79 bits per heavy atom. The molecule has 1 aliphatic heterocycles. The number of ether oxygens (including phenoxy) is 2. The molecule has 0 radical (unpaired) electrons. The van der Waals surface area contributed by atoms with Gasteiger partial charge in [0.05, 0.1) is 6.54 Å². The fraction of sp³-hybridized carbons (Fsp3) is 0.259. The molecule has 0 N–H and O–H groups in total. The van der Waals surface area contributed by atoms with Crippen molar-refractivity contribution in [1.82, 2.24) is 9.80 Å². The van der Waals surface area contributed by atoms with Gasteiger partial charge in [0, 0.05) is 23.5 Å². The Balaban J connectivity index is 1.49. The van der Waals surface area contributed by atoms with Crippen molar-refractivity contribution in [3.8, 4) is 11.5 Å². The molecule has 0 bridgehead atoms.